The SMILES string of the molecule is Cc1cc(C)c2c(c1)OC(C)(COc1ccc(C=C3NC(=O)SC3=O)cc1)CC2. The zero-order valence-electron chi connectivity index (χ0n) is 16.7. The van der Waals surface area contributed by atoms with Crippen molar-refractivity contribution in [3.8, 4) is 11.5 Å². The molecule has 4 rings (SSSR count). The molecule has 0 bridgehead atoms. The number of amides is 1. The summed E-state index contributed by atoms with van der Waals surface area (Å²) in [4.78, 5) is 22.9. The Hall–Kier alpha value is -2.73. The number of carbonyl (C=O) groups is 2. The van der Waals surface area contributed by atoms with Gasteiger partial charge in [0.1, 0.15) is 23.7 Å². The highest BCUT2D eigenvalue weighted by atomic mass is 32.2. The maximum atomic E-state index is 11.7. The van der Waals surface area contributed by atoms with Gasteiger partial charge in [-0.3, -0.25) is 9.59 Å². The van der Waals surface area contributed by atoms with E-state index in [-0.39, 0.29) is 16.0 Å². The van der Waals surface area contributed by atoms with E-state index in [0.29, 0.717) is 24.1 Å². The Morgan fingerprint density at radius 2 is 1.97 bits per heavy atom. The number of fused-ring (bicyclic) bond motifs is 1. The molecule has 0 saturated carbocycles. The van der Waals surface area contributed by atoms with Crippen molar-refractivity contribution in [3.05, 3.63) is 64.3 Å². The molecule has 6 heteroatoms. The van der Waals surface area contributed by atoms with Crippen LogP contribution in [-0.2, 0) is 11.2 Å². The summed E-state index contributed by atoms with van der Waals surface area (Å²) >= 11 is 0.675. The van der Waals surface area contributed by atoms with Gasteiger partial charge in [0.05, 0.1) is 5.70 Å². The largest absolute Gasteiger partial charge is 0.489 e. The van der Waals surface area contributed by atoms with Gasteiger partial charge >= 0.3 is 0 Å². The summed E-state index contributed by atoms with van der Waals surface area (Å²) in [5.41, 5.74) is 4.52. The van der Waals surface area contributed by atoms with Crippen LogP contribution in [-0.4, -0.2) is 22.6 Å². The van der Waals surface area contributed by atoms with Crippen LogP contribution in [0.2, 0.25) is 0 Å². The van der Waals surface area contributed by atoms with E-state index in [1.54, 1.807) is 6.08 Å². The first-order chi connectivity index (χ1) is 13.8. The molecule has 0 aromatic heterocycles. The summed E-state index contributed by atoms with van der Waals surface area (Å²) in [6.07, 6.45) is 3.54. The van der Waals surface area contributed by atoms with Gasteiger partial charge in [-0.25, -0.2) is 0 Å². The minimum Gasteiger partial charge on any atom is -0.489 e. The fourth-order valence-corrected chi connectivity index (χ4v) is 4.21. The molecule has 2 aliphatic heterocycles. The molecule has 2 aliphatic rings. The number of rotatable bonds is 4. The third kappa shape index (κ3) is 4.32. The topological polar surface area (TPSA) is 64.6 Å². The van der Waals surface area contributed by atoms with E-state index in [4.69, 9.17) is 9.47 Å². The van der Waals surface area contributed by atoms with E-state index in [0.717, 1.165) is 29.9 Å². The Bertz CT molecular complexity index is 1010. The molecule has 1 saturated heterocycles. The van der Waals surface area contributed by atoms with Crippen LogP contribution in [0.1, 0.15) is 35.6 Å². The zero-order chi connectivity index (χ0) is 20.6. The number of ether oxygens (including phenoxy) is 2. The Kier molecular flexibility index (Phi) is 5.13. The summed E-state index contributed by atoms with van der Waals surface area (Å²) < 4.78 is 12.3. The van der Waals surface area contributed by atoms with Gasteiger partial charge in [-0.15, -0.1) is 0 Å². The fraction of sp³-hybridized carbons (Fsp3) is 0.304. The number of nitrogens with one attached hydrogen (secondary N) is 1. The molecule has 1 amide bonds. The predicted octanol–water partition coefficient (Wildman–Crippen LogP) is 4.79. The molecule has 150 valence electrons. The third-order valence-corrected chi connectivity index (χ3v) is 5.91. The van der Waals surface area contributed by atoms with Crippen LogP contribution < -0.4 is 14.8 Å². The molecule has 0 radical (unpaired) electrons. The summed E-state index contributed by atoms with van der Waals surface area (Å²) in [6, 6.07) is 11.7. The van der Waals surface area contributed by atoms with Crippen molar-refractivity contribution in [1.82, 2.24) is 5.32 Å². The van der Waals surface area contributed by atoms with Crippen molar-refractivity contribution < 1.29 is 19.1 Å². The van der Waals surface area contributed by atoms with Crippen LogP contribution in [0.25, 0.3) is 6.08 Å². The Labute approximate surface area is 174 Å². The lowest BCUT2D eigenvalue weighted by atomic mass is 9.90. The first-order valence-electron chi connectivity index (χ1n) is 9.58. The van der Waals surface area contributed by atoms with Crippen LogP contribution in [0.4, 0.5) is 4.79 Å². The van der Waals surface area contributed by atoms with Crippen LogP contribution in [0.15, 0.2) is 42.1 Å². The second kappa shape index (κ2) is 7.59. The number of thioether (sulfide) groups is 1. The van der Waals surface area contributed by atoms with E-state index in [2.05, 4.69) is 38.2 Å². The molecule has 1 unspecified atom stereocenters. The standard InChI is InChI=1S/C23H23NO4S/c1-14-10-15(2)18-8-9-23(3,28-20(18)11-14)13-27-17-6-4-16(5-7-17)12-19-21(25)29-22(26)24-19/h4-7,10-12H,8-9,13H2,1-3H3,(H,24,26). The van der Waals surface area contributed by atoms with E-state index >= 15 is 0 Å². The van der Waals surface area contributed by atoms with Crippen molar-refractivity contribution in [1.29, 1.82) is 0 Å². The third-order valence-electron chi connectivity index (χ3n) is 5.21. The Morgan fingerprint density at radius 1 is 1.21 bits per heavy atom. The molecule has 2 aromatic carbocycles. The molecule has 1 fully saturated rings. The molecule has 1 atom stereocenters. The number of carbonyl (C=O) groups excluding carboxylic acids is 2. The van der Waals surface area contributed by atoms with Crippen molar-refractivity contribution >= 4 is 28.2 Å². The molecule has 1 N–H and O–H groups in total. The fourth-order valence-electron chi connectivity index (χ4n) is 3.66. The molecule has 2 heterocycles. The molecule has 0 aliphatic carbocycles. The van der Waals surface area contributed by atoms with Crippen molar-refractivity contribution in [3.63, 3.8) is 0 Å². The second-order valence-corrected chi connectivity index (χ2v) is 8.77. The van der Waals surface area contributed by atoms with Crippen molar-refractivity contribution in [2.75, 3.05) is 6.61 Å². The van der Waals surface area contributed by atoms with Gasteiger partial charge in [0.15, 0.2) is 0 Å². The molecule has 2 aromatic rings. The molecule has 5 nitrogen and oxygen atoms in total. The van der Waals surface area contributed by atoms with E-state index in [1.807, 2.05) is 24.3 Å². The average molecular weight is 410 g/mol. The normalized spacial score (nSPS) is 22.2. The predicted molar refractivity (Wildman–Crippen MR) is 114 cm³/mol. The Balaban J connectivity index is 1.41. The number of benzene rings is 2. The number of hydrogen-bond acceptors (Lipinski definition) is 5. The summed E-state index contributed by atoms with van der Waals surface area (Å²) in [6.45, 7) is 6.75. The molecular formula is C23H23NO4S. The zero-order valence-corrected chi connectivity index (χ0v) is 17.5. The monoisotopic (exact) mass is 409 g/mol. The minimum absolute atomic E-state index is 0.261. The van der Waals surface area contributed by atoms with Crippen LogP contribution in [0.3, 0.4) is 0 Å². The summed E-state index contributed by atoms with van der Waals surface area (Å²) in [5.74, 6) is 1.70. The lowest BCUT2D eigenvalue weighted by Crippen LogP contribution is -2.42. The minimum atomic E-state index is -0.383. The van der Waals surface area contributed by atoms with Gasteiger partial charge in [-0.1, -0.05) is 18.2 Å². The van der Waals surface area contributed by atoms with Crippen molar-refractivity contribution in [2.45, 2.75) is 39.2 Å². The van der Waals surface area contributed by atoms with Crippen LogP contribution in [0.5, 0.6) is 11.5 Å². The van der Waals surface area contributed by atoms with Crippen molar-refractivity contribution in [2.24, 2.45) is 0 Å². The number of aryl methyl sites for hydroxylation is 2. The van der Waals surface area contributed by atoms with E-state index < -0.39 is 0 Å². The molecular weight excluding hydrogens is 386 g/mol. The Morgan fingerprint density at radius 3 is 2.66 bits per heavy atom. The van der Waals surface area contributed by atoms with Gasteiger partial charge < -0.3 is 14.8 Å². The second-order valence-electron chi connectivity index (χ2n) is 7.83. The summed E-state index contributed by atoms with van der Waals surface area (Å²) in [7, 11) is 0. The van der Waals surface area contributed by atoms with Gasteiger partial charge in [0.25, 0.3) is 5.24 Å². The average Bonchev–Trinajstić information content (AvgIpc) is 2.97. The lowest BCUT2D eigenvalue weighted by Gasteiger charge is -2.36. The first kappa shape index (κ1) is 19.6. The number of hydrogen-bond donors (Lipinski definition) is 1. The molecule has 29 heavy (non-hydrogen) atoms. The van der Waals surface area contributed by atoms with Crippen LogP contribution >= 0.6 is 11.8 Å². The highest BCUT2D eigenvalue weighted by Crippen LogP contribution is 2.36. The highest BCUT2D eigenvalue weighted by molar-refractivity contribution is 8.27. The summed E-state index contributed by atoms with van der Waals surface area (Å²) in [5, 5.41) is 1.94. The smallest absolute Gasteiger partial charge is 0.291 e. The highest BCUT2D eigenvalue weighted by Gasteiger charge is 2.33. The van der Waals surface area contributed by atoms with Crippen LogP contribution in [0, 0.1) is 13.8 Å². The van der Waals surface area contributed by atoms with Gasteiger partial charge in [0.2, 0.25) is 5.12 Å². The first-order valence-corrected chi connectivity index (χ1v) is 10.4. The van der Waals surface area contributed by atoms with Gasteiger partial charge in [-0.05, 0) is 80.1 Å². The van der Waals surface area contributed by atoms with Gasteiger partial charge in [-0.2, -0.15) is 0 Å². The quantitative estimate of drug-likeness (QED) is 0.736. The van der Waals surface area contributed by atoms with E-state index in [9.17, 15) is 9.59 Å². The molecule has 0 spiro atoms. The van der Waals surface area contributed by atoms with Gasteiger partial charge in [0, 0.05) is 11.8 Å². The maximum absolute atomic E-state index is 11.7. The van der Waals surface area contributed by atoms with E-state index in [1.165, 1.54) is 16.7 Å². The maximum Gasteiger partial charge on any atom is 0.291 e. The lowest BCUT2D eigenvalue weighted by molar-refractivity contribution is -0.107.